The minimum absolute atomic E-state index is 0.0140. The molecule has 0 unspecified atom stereocenters. The summed E-state index contributed by atoms with van der Waals surface area (Å²) in [7, 11) is 3.22. The standard InChI is InChI=1S/C26H29N5O4/c1-17-6-4-13-31-23(17)29-24-21(26(31)33)16-20(25(32)28-12-5-15-34-2)22(27)30(24)14-11-18-7-9-19(35-3)10-8-18/h4,6-10,13,16,27H,5,11-12,14-15H2,1-3H3,(H,28,32). The van der Waals surface area contributed by atoms with Crippen LogP contribution in [-0.4, -0.2) is 47.2 Å². The molecule has 1 aromatic carbocycles. The lowest BCUT2D eigenvalue weighted by molar-refractivity contribution is 0.0946. The van der Waals surface area contributed by atoms with Gasteiger partial charge in [0.05, 0.1) is 18.1 Å². The summed E-state index contributed by atoms with van der Waals surface area (Å²) in [5.74, 6) is 0.358. The highest BCUT2D eigenvalue weighted by Crippen LogP contribution is 2.15. The fourth-order valence-electron chi connectivity index (χ4n) is 4.03. The number of aryl methyl sites for hydroxylation is 3. The van der Waals surface area contributed by atoms with Crippen LogP contribution in [0.4, 0.5) is 0 Å². The summed E-state index contributed by atoms with van der Waals surface area (Å²) < 4.78 is 13.4. The van der Waals surface area contributed by atoms with Crippen LogP contribution in [0.3, 0.4) is 0 Å². The predicted octanol–water partition coefficient (Wildman–Crippen LogP) is 2.45. The van der Waals surface area contributed by atoms with Gasteiger partial charge in [-0.15, -0.1) is 0 Å². The van der Waals surface area contributed by atoms with Gasteiger partial charge < -0.3 is 19.4 Å². The van der Waals surface area contributed by atoms with Crippen LogP contribution >= 0.6 is 0 Å². The van der Waals surface area contributed by atoms with Gasteiger partial charge in [-0.2, -0.15) is 0 Å². The third-order valence-corrected chi connectivity index (χ3v) is 5.97. The Morgan fingerprint density at radius 3 is 2.63 bits per heavy atom. The highest BCUT2D eigenvalue weighted by Gasteiger charge is 2.18. The van der Waals surface area contributed by atoms with E-state index in [9.17, 15) is 9.59 Å². The van der Waals surface area contributed by atoms with E-state index in [0.29, 0.717) is 49.2 Å². The summed E-state index contributed by atoms with van der Waals surface area (Å²) in [5.41, 5.74) is 2.67. The number of methoxy groups -OCH3 is 2. The minimum atomic E-state index is -0.403. The van der Waals surface area contributed by atoms with Crippen molar-refractivity contribution in [3.8, 4) is 5.75 Å². The van der Waals surface area contributed by atoms with Crippen molar-refractivity contribution in [2.24, 2.45) is 0 Å². The molecule has 3 aromatic heterocycles. The molecule has 0 fully saturated rings. The minimum Gasteiger partial charge on any atom is -0.497 e. The van der Waals surface area contributed by atoms with Crippen LogP contribution in [0, 0.1) is 12.3 Å². The van der Waals surface area contributed by atoms with Gasteiger partial charge in [-0.3, -0.25) is 19.4 Å². The van der Waals surface area contributed by atoms with Gasteiger partial charge in [-0.1, -0.05) is 18.2 Å². The Morgan fingerprint density at radius 2 is 1.91 bits per heavy atom. The van der Waals surface area contributed by atoms with E-state index >= 15 is 0 Å². The van der Waals surface area contributed by atoms with Gasteiger partial charge in [0.15, 0.2) is 0 Å². The molecule has 3 heterocycles. The Balaban J connectivity index is 1.83. The molecular formula is C26H29N5O4. The number of aromatic nitrogens is 3. The Morgan fingerprint density at radius 1 is 1.14 bits per heavy atom. The number of nitrogens with zero attached hydrogens (tertiary/aromatic N) is 3. The molecule has 2 N–H and O–H groups in total. The topological polar surface area (TPSA) is 111 Å². The maximum Gasteiger partial charge on any atom is 0.267 e. The predicted molar refractivity (Wildman–Crippen MR) is 133 cm³/mol. The average Bonchev–Trinajstić information content (AvgIpc) is 2.87. The number of nitrogens with one attached hydrogen (secondary N) is 2. The summed E-state index contributed by atoms with van der Waals surface area (Å²) in [6, 6.07) is 12.8. The fourth-order valence-corrected chi connectivity index (χ4v) is 4.03. The zero-order valence-electron chi connectivity index (χ0n) is 20.1. The third-order valence-electron chi connectivity index (χ3n) is 5.97. The van der Waals surface area contributed by atoms with Gasteiger partial charge in [0.25, 0.3) is 11.5 Å². The number of benzene rings is 1. The van der Waals surface area contributed by atoms with Crippen LogP contribution in [0.1, 0.15) is 27.9 Å². The summed E-state index contributed by atoms with van der Waals surface area (Å²) in [5, 5.41) is 12.0. The summed E-state index contributed by atoms with van der Waals surface area (Å²) in [6.07, 6.45) is 2.90. The van der Waals surface area contributed by atoms with Gasteiger partial charge in [-0.05, 0) is 55.2 Å². The first-order valence-electron chi connectivity index (χ1n) is 11.4. The molecule has 4 aromatic rings. The SMILES string of the molecule is COCCCNC(=O)c1cc2c(=O)n3cccc(C)c3nc2n(CCc2ccc(OC)cc2)c1=N. The van der Waals surface area contributed by atoms with Crippen molar-refractivity contribution in [3.05, 3.63) is 81.2 Å². The van der Waals surface area contributed by atoms with E-state index in [2.05, 4.69) is 5.32 Å². The Bertz CT molecular complexity index is 1490. The van der Waals surface area contributed by atoms with Crippen LogP contribution in [0.2, 0.25) is 0 Å². The van der Waals surface area contributed by atoms with Crippen molar-refractivity contribution in [1.82, 2.24) is 19.3 Å². The lowest BCUT2D eigenvalue weighted by atomic mass is 10.1. The summed E-state index contributed by atoms with van der Waals surface area (Å²) in [6.45, 7) is 3.19. The van der Waals surface area contributed by atoms with E-state index in [-0.39, 0.29) is 16.6 Å². The second-order valence-corrected chi connectivity index (χ2v) is 8.30. The molecule has 9 heteroatoms. The molecule has 0 saturated heterocycles. The van der Waals surface area contributed by atoms with Crippen LogP contribution < -0.4 is 21.1 Å². The number of rotatable bonds is 9. The van der Waals surface area contributed by atoms with Crippen LogP contribution in [0.25, 0.3) is 16.7 Å². The molecule has 0 bridgehead atoms. The van der Waals surface area contributed by atoms with E-state index in [1.54, 1.807) is 31.0 Å². The van der Waals surface area contributed by atoms with Gasteiger partial charge in [0.2, 0.25) is 0 Å². The van der Waals surface area contributed by atoms with Gasteiger partial charge in [0.1, 0.15) is 22.5 Å². The third kappa shape index (κ3) is 4.95. The first-order chi connectivity index (χ1) is 16.9. The molecule has 0 radical (unpaired) electrons. The molecule has 4 rings (SSSR count). The zero-order valence-corrected chi connectivity index (χ0v) is 20.1. The monoisotopic (exact) mass is 475 g/mol. The number of pyridine rings is 2. The molecule has 182 valence electrons. The smallest absolute Gasteiger partial charge is 0.267 e. The van der Waals surface area contributed by atoms with Crippen LogP contribution in [0.15, 0.2) is 53.5 Å². The quantitative estimate of drug-likeness (QED) is 0.285. The van der Waals surface area contributed by atoms with E-state index < -0.39 is 5.91 Å². The van der Waals surface area contributed by atoms with Gasteiger partial charge in [0, 0.05) is 33.0 Å². The summed E-state index contributed by atoms with van der Waals surface area (Å²) in [4.78, 5) is 31.1. The Kier molecular flexibility index (Phi) is 7.26. The van der Waals surface area contributed by atoms with Crippen LogP contribution in [0.5, 0.6) is 5.75 Å². The van der Waals surface area contributed by atoms with Crippen molar-refractivity contribution < 1.29 is 14.3 Å². The van der Waals surface area contributed by atoms with Crippen molar-refractivity contribution in [2.45, 2.75) is 26.3 Å². The van der Waals surface area contributed by atoms with E-state index in [1.807, 2.05) is 37.3 Å². The lowest BCUT2D eigenvalue weighted by Gasteiger charge is -2.15. The number of hydrogen-bond donors (Lipinski definition) is 2. The molecule has 0 aliphatic heterocycles. The number of ether oxygens (including phenoxy) is 2. The van der Waals surface area contributed by atoms with Crippen molar-refractivity contribution in [1.29, 1.82) is 5.41 Å². The number of carbonyl (C=O) groups excluding carboxylic acids is 1. The van der Waals surface area contributed by atoms with E-state index in [4.69, 9.17) is 19.9 Å². The molecule has 0 atom stereocenters. The molecule has 1 amide bonds. The Hall–Kier alpha value is -3.98. The van der Waals surface area contributed by atoms with Gasteiger partial charge >= 0.3 is 0 Å². The largest absolute Gasteiger partial charge is 0.497 e. The van der Waals surface area contributed by atoms with E-state index in [0.717, 1.165) is 16.9 Å². The Labute approximate surface area is 202 Å². The lowest BCUT2D eigenvalue weighted by Crippen LogP contribution is -2.35. The van der Waals surface area contributed by atoms with Crippen molar-refractivity contribution in [2.75, 3.05) is 27.4 Å². The maximum absolute atomic E-state index is 13.4. The second-order valence-electron chi connectivity index (χ2n) is 8.30. The highest BCUT2D eigenvalue weighted by atomic mass is 16.5. The number of hydrogen-bond acceptors (Lipinski definition) is 6. The van der Waals surface area contributed by atoms with Crippen molar-refractivity contribution in [3.63, 3.8) is 0 Å². The zero-order chi connectivity index (χ0) is 24.9. The molecule has 9 nitrogen and oxygen atoms in total. The van der Waals surface area contributed by atoms with E-state index in [1.165, 1.54) is 10.5 Å². The highest BCUT2D eigenvalue weighted by molar-refractivity contribution is 5.96. The second kappa shape index (κ2) is 10.5. The molecule has 0 saturated carbocycles. The molecule has 0 spiro atoms. The van der Waals surface area contributed by atoms with Crippen LogP contribution in [-0.2, 0) is 17.7 Å². The number of carbonyl (C=O) groups is 1. The van der Waals surface area contributed by atoms with Gasteiger partial charge in [-0.25, -0.2) is 4.98 Å². The maximum atomic E-state index is 13.4. The molecule has 0 aliphatic rings. The molecular weight excluding hydrogens is 446 g/mol. The number of fused-ring (bicyclic) bond motifs is 2. The normalized spacial score (nSPS) is 11.2. The van der Waals surface area contributed by atoms with Crippen molar-refractivity contribution >= 4 is 22.6 Å². The first-order valence-corrected chi connectivity index (χ1v) is 11.4. The average molecular weight is 476 g/mol. The molecule has 0 aliphatic carbocycles. The fraction of sp³-hybridized carbons (Fsp3) is 0.308. The number of amides is 1. The first kappa shape index (κ1) is 24.2. The summed E-state index contributed by atoms with van der Waals surface area (Å²) >= 11 is 0. The molecule has 35 heavy (non-hydrogen) atoms.